The Hall–Kier alpha value is -2.81. The van der Waals surface area contributed by atoms with Gasteiger partial charge in [-0.2, -0.15) is 13.2 Å². The predicted octanol–water partition coefficient (Wildman–Crippen LogP) is 4.38. The molecular weight excluding hydrogens is 387 g/mol. The average Bonchev–Trinajstić information content (AvgIpc) is 2.65. The van der Waals surface area contributed by atoms with Gasteiger partial charge in [0.1, 0.15) is 0 Å². The van der Waals surface area contributed by atoms with Crippen molar-refractivity contribution < 1.29 is 27.4 Å². The largest absolute Gasteiger partial charge is 0.493 e. The Labute approximate surface area is 156 Å². The van der Waals surface area contributed by atoms with Crippen molar-refractivity contribution >= 4 is 22.6 Å². The van der Waals surface area contributed by atoms with E-state index in [4.69, 9.17) is 25.8 Å². The fraction of sp³-hybridized carbons (Fsp3) is 0.235. The Morgan fingerprint density at radius 2 is 1.67 bits per heavy atom. The van der Waals surface area contributed by atoms with Gasteiger partial charge in [0.05, 0.1) is 25.3 Å². The highest BCUT2D eigenvalue weighted by molar-refractivity contribution is 6.31. The molecule has 0 aliphatic rings. The van der Waals surface area contributed by atoms with Crippen LogP contribution in [0.1, 0.15) is 11.7 Å². The minimum Gasteiger partial charge on any atom is -0.493 e. The lowest BCUT2D eigenvalue weighted by Gasteiger charge is -2.21. The summed E-state index contributed by atoms with van der Waals surface area (Å²) < 4.78 is 55.8. The van der Waals surface area contributed by atoms with Gasteiger partial charge in [-0.3, -0.25) is 4.98 Å². The third-order valence-electron chi connectivity index (χ3n) is 3.61. The average molecular weight is 400 g/mol. The van der Waals surface area contributed by atoms with Crippen LogP contribution in [0.5, 0.6) is 17.4 Å². The predicted molar refractivity (Wildman–Crippen MR) is 91.3 cm³/mol. The van der Waals surface area contributed by atoms with Crippen LogP contribution in [0.3, 0.4) is 0 Å². The second-order valence-electron chi connectivity index (χ2n) is 5.34. The molecule has 0 fully saturated rings. The third kappa shape index (κ3) is 3.97. The molecule has 142 valence electrons. The standard InChI is InChI=1S/C17H13ClF3N3O3/c1-25-12-6-10-11(7-13(12)26-2)24-16(15(18)23-10)27-14(17(19,20)21)9-4-3-5-22-8-9/h3-8,14H,1-2H3. The number of benzene rings is 1. The number of aromatic nitrogens is 3. The van der Waals surface area contributed by atoms with Crippen molar-refractivity contribution in [1.29, 1.82) is 0 Å². The van der Waals surface area contributed by atoms with E-state index in [2.05, 4.69) is 15.0 Å². The molecule has 3 aromatic rings. The molecule has 3 rings (SSSR count). The molecule has 1 aromatic carbocycles. The zero-order chi connectivity index (χ0) is 19.6. The summed E-state index contributed by atoms with van der Waals surface area (Å²) in [4.78, 5) is 11.8. The fourth-order valence-corrected chi connectivity index (χ4v) is 2.57. The number of nitrogens with zero attached hydrogens (tertiary/aromatic N) is 3. The lowest BCUT2D eigenvalue weighted by Crippen LogP contribution is -2.26. The summed E-state index contributed by atoms with van der Waals surface area (Å²) >= 11 is 6.00. The first-order chi connectivity index (χ1) is 12.8. The minimum absolute atomic E-state index is 0.185. The zero-order valence-electron chi connectivity index (χ0n) is 14.1. The van der Waals surface area contributed by atoms with Crippen LogP contribution >= 0.6 is 11.6 Å². The lowest BCUT2D eigenvalue weighted by atomic mass is 10.1. The highest BCUT2D eigenvalue weighted by Crippen LogP contribution is 2.39. The molecule has 10 heteroatoms. The van der Waals surface area contributed by atoms with Crippen LogP contribution in [-0.2, 0) is 0 Å². The van der Waals surface area contributed by atoms with Crippen LogP contribution in [0.25, 0.3) is 11.0 Å². The van der Waals surface area contributed by atoms with E-state index in [1.807, 2.05) is 0 Å². The maximum Gasteiger partial charge on any atom is 0.429 e. The molecule has 27 heavy (non-hydrogen) atoms. The van der Waals surface area contributed by atoms with Crippen molar-refractivity contribution in [3.63, 3.8) is 0 Å². The van der Waals surface area contributed by atoms with Gasteiger partial charge in [0.15, 0.2) is 16.7 Å². The Kier molecular flexibility index (Phi) is 5.22. The number of methoxy groups -OCH3 is 2. The maximum atomic E-state index is 13.5. The van der Waals surface area contributed by atoms with Crippen LogP contribution in [0, 0.1) is 0 Å². The Balaban J connectivity index is 2.06. The van der Waals surface area contributed by atoms with Crippen molar-refractivity contribution in [2.45, 2.75) is 12.3 Å². The number of hydrogen-bond acceptors (Lipinski definition) is 6. The van der Waals surface area contributed by atoms with Crippen LogP contribution in [0.2, 0.25) is 5.15 Å². The molecule has 0 saturated heterocycles. The molecule has 0 N–H and O–H groups in total. The first-order valence-corrected chi connectivity index (χ1v) is 7.94. The number of halogens is 4. The zero-order valence-corrected chi connectivity index (χ0v) is 14.9. The van der Waals surface area contributed by atoms with Gasteiger partial charge in [-0.05, 0) is 6.07 Å². The summed E-state index contributed by atoms with van der Waals surface area (Å²) in [5.41, 5.74) is 0.365. The number of pyridine rings is 1. The number of alkyl halides is 3. The summed E-state index contributed by atoms with van der Waals surface area (Å²) in [6.45, 7) is 0. The number of hydrogen-bond donors (Lipinski definition) is 0. The number of fused-ring (bicyclic) bond motifs is 1. The maximum absolute atomic E-state index is 13.5. The second kappa shape index (κ2) is 7.43. The van der Waals surface area contributed by atoms with E-state index >= 15 is 0 Å². The molecule has 0 amide bonds. The van der Waals surface area contributed by atoms with Crippen molar-refractivity contribution in [1.82, 2.24) is 15.0 Å². The molecular formula is C17H13ClF3N3O3. The van der Waals surface area contributed by atoms with Gasteiger partial charge in [-0.1, -0.05) is 17.7 Å². The highest BCUT2D eigenvalue weighted by atomic mass is 35.5. The monoisotopic (exact) mass is 399 g/mol. The molecule has 0 radical (unpaired) electrons. The van der Waals surface area contributed by atoms with Crippen LogP contribution in [0.4, 0.5) is 13.2 Å². The van der Waals surface area contributed by atoms with E-state index in [0.29, 0.717) is 17.0 Å². The smallest absolute Gasteiger partial charge is 0.429 e. The Bertz CT molecular complexity index is 955. The SMILES string of the molecule is COc1cc2nc(Cl)c(OC(c3cccnc3)C(F)(F)F)nc2cc1OC. The molecule has 2 aromatic heterocycles. The minimum atomic E-state index is -4.71. The quantitative estimate of drug-likeness (QED) is 0.634. The fourth-order valence-electron chi connectivity index (χ4n) is 2.39. The van der Waals surface area contributed by atoms with Gasteiger partial charge in [-0.15, -0.1) is 0 Å². The van der Waals surface area contributed by atoms with Gasteiger partial charge in [0, 0.05) is 30.1 Å². The molecule has 0 aliphatic heterocycles. The van der Waals surface area contributed by atoms with Gasteiger partial charge in [-0.25, -0.2) is 9.97 Å². The van der Waals surface area contributed by atoms with E-state index in [1.165, 1.54) is 44.7 Å². The molecule has 0 bridgehead atoms. The molecule has 0 aliphatic carbocycles. The van der Waals surface area contributed by atoms with E-state index in [-0.39, 0.29) is 16.2 Å². The second-order valence-corrected chi connectivity index (χ2v) is 5.70. The topological polar surface area (TPSA) is 66.4 Å². The Morgan fingerprint density at radius 1 is 1.04 bits per heavy atom. The first kappa shape index (κ1) is 19.0. The summed E-state index contributed by atoms with van der Waals surface area (Å²) in [6.07, 6.45) is -4.58. The molecule has 6 nitrogen and oxygen atoms in total. The van der Waals surface area contributed by atoms with Gasteiger partial charge < -0.3 is 14.2 Å². The summed E-state index contributed by atoms with van der Waals surface area (Å²) in [7, 11) is 2.87. The number of rotatable bonds is 5. The van der Waals surface area contributed by atoms with E-state index in [9.17, 15) is 13.2 Å². The van der Waals surface area contributed by atoms with E-state index < -0.39 is 18.2 Å². The lowest BCUT2D eigenvalue weighted by molar-refractivity contribution is -0.198. The summed E-state index contributed by atoms with van der Waals surface area (Å²) in [5.74, 6) is 0.266. The van der Waals surface area contributed by atoms with E-state index in [0.717, 1.165) is 6.20 Å². The molecule has 2 heterocycles. The van der Waals surface area contributed by atoms with E-state index in [1.54, 1.807) is 0 Å². The Morgan fingerprint density at radius 3 is 2.19 bits per heavy atom. The highest BCUT2D eigenvalue weighted by Gasteiger charge is 2.44. The van der Waals surface area contributed by atoms with Crippen molar-refractivity contribution in [3.8, 4) is 17.4 Å². The van der Waals surface area contributed by atoms with Crippen LogP contribution in [-0.4, -0.2) is 35.3 Å². The van der Waals surface area contributed by atoms with Gasteiger partial charge in [0.2, 0.25) is 6.10 Å². The number of ether oxygens (including phenoxy) is 3. The normalized spacial score (nSPS) is 12.7. The first-order valence-electron chi connectivity index (χ1n) is 7.56. The molecule has 1 atom stereocenters. The van der Waals surface area contributed by atoms with Crippen molar-refractivity contribution in [3.05, 3.63) is 47.4 Å². The van der Waals surface area contributed by atoms with Crippen LogP contribution < -0.4 is 14.2 Å². The molecule has 0 saturated carbocycles. The molecule has 0 spiro atoms. The van der Waals surface area contributed by atoms with Gasteiger partial charge in [0.25, 0.3) is 5.88 Å². The third-order valence-corrected chi connectivity index (χ3v) is 3.86. The summed E-state index contributed by atoms with van der Waals surface area (Å²) in [6, 6.07) is 5.61. The van der Waals surface area contributed by atoms with Gasteiger partial charge >= 0.3 is 6.18 Å². The van der Waals surface area contributed by atoms with Crippen molar-refractivity contribution in [2.24, 2.45) is 0 Å². The van der Waals surface area contributed by atoms with Crippen LogP contribution in [0.15, 0.2) is 36.7 Å². The molecule has 1 unspecified atom stereocenters. The van der Waals surface area contributed by atoms with Crippen molar-refractivity contribution in [2.75, 3.05) is 14.2 Å². The summed E-state index contributed by atoms with van der Waals surface area (Å²) in [5, 5.41) is -0.312.